The summed E-state index contributed by atoms with van der Waals surface area (Å²) in [6.07, 6.45) is 0.986. The van der Waals surface area contributed by atoms with Crippen LogP contribution in [0.15, 0.2) is 46.9 Å². The van der Waals surface area contributed by atoms with E-state index in [4.69, 9.17) is 4.74 Å². The van der Waals surface area contributed by atoms with Gasteiger partial charge in [-0.15, -0.1) is 0 Å². The molecule has 1 N–H and O–H groups in total. The molecule has 0 atom stereocenters. The van der Waals surface area contributed by atoms with Crippen molar-refractivity contribution in [2.45, 2.75) is 0 Å². The Hall–Kier alpha value is -2.13. The van der Waals surface area contributed by atoms with Crippen molar-refractivity contribution in [2.75, 3.05) is 29.5 Å². The van der Waals surface area contributed by atoms with Gasteiger partial charge < -0.3 is 10.1 Å². The van der Waals surface area contributed by atoms with Gasteiger partial charge in [0.2, 0.25) is 15.9 Å². The molecule has 0 fully saturated rings. The van der Waals surface area contributed by atoms with Crippen LogP contribution in [0, 0.1) is 5.82 Å². The van der Waals surface area contributed by atoms with Crippen molar-refractivity contribution in [3.8, 4) is 5.75 Å². The summed E-state index contributed by atoms with van der Waals surface area (Å²) in [6, 6.07) is 10.4. The van der Waals surface area contributed by atoms with Crippen LogP contribution in [0.3, 0.4) is 0 Å². The molecule has 0 saturated heterocycles. The molecular formula is C16H16BrFN2O4S. The molecule has 0 aromatic heterocycles. The molecule has 0 bridgehead atoms. The molecular weight excluding hydrogens is 415 g/mol. The second-order valence-electron chi connectivity index (χ2n) is 5.14. The van der Waals surface area contributed by atoms with Gasteiger partial charge in [-0.25, -0.2) is 12.8 Å². The average molecular weight is 431 g/mol. The van der Waals surface area contributed by atoms with Gasteiger partial charge in [0.1, 0.15) is 18.1 Å². The third-order valence-corrected chi connectivity index (χ3v) is 4.87. The molecule has 6 nitrogen and oxygen atoms in total. The van der Waals surface area contributed by atoms with E-state index in [-0.39, 0.29) is 11.4 Å². The number of carbonyl (C=O) groups is 1. The maximum atomic E-state index is 13.8. The number of halogens is 2. The molecule has 2 rings (SSSR count). The van der Waals surface area contributed by atoms with Crippen molar-refractivity contribution in [3.05, 3.63) is 52.8 Å². The van der Waals surface area contributed by atoms with Gasteiger partial charge in [0.15, 0.2) is 0 Å². The Labute approximate surface area is 153 Å². The Kier molecular flexibility index (Phi) is 6.02. The molecule has 0 unspecified atom stereocenters. The number of anilines is 2. The SMILES string of the molecule is COc1cccc(N(CC(=O)Nc2ccc(Br)cc2F)S(C)(=O)=O)c1. The lowest BCUT2D eigenvalue weighted by molar-refractivity contribution is -0.114. The molecule has 0 radical (unpaired) electrons. The van der Waals surface area contributed by atoms with Crippen LogP contribution in [-0.2, 0) is 14.8 Å². The Balaban J connectivity index is 2.23. The Bertz CT molecular complexity index is 889. The van der Waals surface area contributed by atoms with E-state index >= 15 is 0 Å². The van der Waals surface area contributed by atoms with Crippen LogP contribution in [0.2, 0.25) is 0 Å². The smallest absolute Gasteiger partial charge is 0.245 e. The zero-order valence-corrected chi connectivity index (χ0v) is 15.9. The normalized spacial score (nSPS) is 11.0. The molecule has 0 aliphatic rings. The van der Waals surface area contributed by atoms with Crippen molar-refractivity contribution >= 4 is 43.2 Å². The van der Waals surface area contributed by atoms with Crippen molar-refractivity contribution in [2.24, 2.45) is 0 Å². The highest BCUT2D eigenvalue weighted by molar-refractivity contribution is 9.10. The summed E-state index contributed by atoms with van der Waals surface area (Å²) >= 11 is 3.12. The number of hydrogen-bond acceptors (Lipinski definition) is 4. The van der Waals surface area contributed by atoms with Crippen LogP contribution in [0.1, 0.15) is 0 Å². The Morgan fingerprint density at radius 3 is 2.60 bits per heavy atom. The monoisotopic (exact) mass is 430 g/mol. The molecule has 2 aromatic rings. The minimum Gasteiger partial charge on any atom is -0.497 e. The van der Waals surface area contributed by atoms with Crippen LogP contribution < -0.4 is 14.4 Å². The highest BCUT2D eigenvalue weighted by Gasteiger charge is 2.22. The zero-order valence-electron chi connectivity index (χ0n) is 13.5. The third kappa shape index (κ3) is 5.17. The highest BCUT2D eigenvalue weighted by atomic mass is 79.9. The lowest BCUT2D eigenvalue weighted by Crippen LogP contribution is -2.37. The number of amides is 1. The molecule has 134 valence electrons. The van der Waals surface area contributed by atoms with Crippen molar-refractivity contribution in [1.82, 2.24) is 0 Å². The first-order valence-electron chi connectivity index (χ1n) is 7.07. The van der Waals surface area contributed by atoms with E-state index in [0.29, 0.717) is 10.2 Å². The number of methoxy groups -OCH3 is 1. The van der Waals surface area contributed by atoms with Gasteiger partial charge in [-0.1, -0.05) is 22.0 Å². The summed E-state index contributed by atoms with van der Waals surface area (Å²) in [5.74, 6) is -0.852. The summed E-state index contributed by atoms with van der Waals surface area (Å²) in [5.41, 5.74) is 0.237. The molecule has 9 heteroatoms. The fourth-order valence-corrected chi connectivity index (χ4v) is 3.26. The quantitative estimate of drug-likeness (QED) is 0.763. The van der Waals surface area contributed by atoms with E-state index < -0.39 is 28.3 Å². The van der Waals surface area contributed by atoms with E-state index in [1.165, 1.54) is 31.4 Å². The van der Waals surface area contributed by atoms with Gasteiger partial charge in [-0.2, -0.15) is 0 Å². The van der Waals surface area contributed by atoms with Crippen molar-refractivity contribution in [3.63, 3.8) is 0 Å². The predicted octanol–water partition coefficient (Wildman–Crippen LogP) is 3.00. The summed E-state index contributed by atoms with van der Waals surface area (Å²) in [7, 11) is -2.28. The minimum absolute atomic E-state index is 0.0349. The van der Waals surface area contributed by atoms with Crippen LogP contribution in [0.25, 0.3) is 0 Å². The number of nitrogens with zero attached hydrogens (tertiary/aromatic N) is 1. The van der Waals surface area contributed by atoms with Crippen LogP contribution in [0.5, 0.6) is 5.75 Å². The second kappa shape index (κ2) is 7.83. The summed E-state index contributed by atoms with van der Waals surface area (Å²) in [5, 5.41) is 2.37. The molecule has 0 saturated carbocycles. The summed E-state index contributed by atoms with van der Waals surface area (Å²) in [6.45, 7) is -0.499. The maximum Gasteiger partial charge on any atom is 0.245 e. The molecule has 25 heavy (non-hydrogen) atoms. The number of carbonyl (C=O) groups excluding carboxylic acids is 1. The van der Waals surface area contributed by atoms with Crippen LogP contribution in [-0.4, -0.2) is 34.2 Å². The molecule has 0 aliphatic heterocycles. The van der Waals surface area contributed by atoms with E-state index in [0.717, 1.165) is 10.6 Å². The molecule has 0 aliphatic carbocycles. The van der Waals surface area contributed by atoms with Crippen LogP contribution in [0.4, 0.5) is 15.8 Å². The van der Waals surface area contributed by atoms with E-state index in [1.807, 2.05) is 0 Å². The fraction of sp³-hybridized carbons (Fsp3) is 0.188. The number of nitrogens with one attached hydrogen (secondary N) is 1. The molecule has 2 aromatic carbocycles. The second-order valence-corrected chi connectivity index (χ2v) is 7.97. The average Bonchev–Trinajstić information content (AvgIpc) is 2.54. The third-order valence-electron chi connectivity index (χ3n) is 3.23. The van der Waals surface area contributed by atoms with E-state index in [9.17, 15) is 17.6 Å². The molecule has 0 heterocycles. The highest BCUT2D eigenvalue weighted by Crippen LogP contribution is 2.23. The summed E-state index contributed by atoms with van der Waals surface area (Å²) < 4.78 is 44.4. The van der Waals surface area contributed by atoms with E-state index in [2.05, 4.69) is 21.2 Å². The number of benzene rings is 2. The Morgan fingerprint density at radius 2 is 2.00 bits per heavy atom. The topological polar surface area (TPSA) is 75.7 Å². The van der Waals surface area contributed by atoms with Gasteiger partial charge in [-0.3, -0.25) is 9.10 Å². The van der Waals surface area contributed by atoms with Gasteiger partial charge in [0, 0.05) is 10.5 Å². The zero-order chi connectivity index (χ0) is 18.6. The van der Waals surface area contributed by atoms with Gasteiger partial charge in [-0.05, 0) is 30.3 Å². The first kappa shape index (κ1) is 19.2. The number of hydrogen-bond donors (Lipinski definition) is 1. The number of ether oxygens (including phenoxy) is 1. The fourth-order valence-electron chi connectivity index (χ4n) is 2.08. The molecule has 0 spiro atoms. The first-order valence-corrected chi connectivity index (χ1v) is 9.71. The number of sulfonamides is 1. The van der Waals surface area contributed by atoms with Gasteiger partial charge >= 0.3 is 0 Å². The summed E-state index contributed by atoms with van der Waals surface area (Å²) in [4.78, 5) is 12.2. The predicted molar refractivity (Wildman–Crippen MR) is 97.9 cm³/mol. The standard InChI is InChI=1S/C16H16BrFN2O4S/c1-24-13-5-3-4-12(9-13)20(25(2,22)23)10-16(21)19-15-7-6-11(17)8-14(15)18/h3-9H,10H2,1-2H3,(H,19,21). The minimum atomic E-state index is -3.73. The maximum absolute atomic E-state index is 13.8. The van der Waals surface area contributed by atoms with Gasteiger partial charge in [0.25, 0.3) is 0 Å². The van der Waals surface area contributed by atoms with Crippen molar-refractivity contribution < 1.29 is 22.3 Å². The van der Waals surface area contributed by atoms with E-state index in [1.54, 1.807) is 18.2 Å². The van der Waals surface area contributed by atoms with Crippen molar-refractivity contribution in [1.29, 1.82) is 0 Å². The largest absolute Gasteiger partial charge is 0.497 e. The lowest BCUT2D eigenvalue weighted by atomic mass is 10.3. The first-order chi connectivity index (χ1) is 11.7. The lowest BCUT2D eigenvalue weighted by Gasteiger charge is -2.22. The Morgan fingerprint density at radius 1 is 1.28 bits per heavy atom. The van der Waals surface area contributed by atoms with Gasteiger partial charge in [0.05, 0.1) is 24.7 Å². The van der Waals surface area contributed by atoms with Crippen LogP contribution >= 0.6 is 15.9 Å². The molecule has 1 amide bonds. The number of rotatable bonds is 6.